The smallest absolute Gasteiger partial charge is 0.0760 e. The number of nitrogens with one attached hydrogen (secondary N) is 1. The minimum absolute atomic E-state index is 0.134. The van der Waals surface area contributed by atoms with E-state index >= 15 is 0 Å². The largest absolute Gasteiger partial charge is 0.308 e. The van der Waals surface area contributed by atoms with Crippen molar-refractivity contribution in [2.45, 2.75) is 39.8 Å². The summed E-state index contributed by atoms with van der Waals surface area (Å²) in [6.45, 7) is 8.59. The molecule has 20 heavy (non-hydrogen) atoms. The Kier molecular flexibility index (Phi) is 4.66. The highest BCUT2D eigenvalue weighted by Crippen LogP contribution is 2.32. The van der Waals surface area contributed by atoms with Gasteiger partial charge in [-0.15, -0.1) is 0 Å². The van der Waals surface area contributed by atoms with E-state index in [1.165, 1.54) is 22.4 Å². The number of aryl methyl sites for hydroxylation is 2. The van der Waals surface area contributed by atoms with Crippen LogP contribution in [0.15, 0.2) is 28.9 Å². The Bertz CT molecular complexity index is 602. The zero-order chi connectivity index (χ0) is 14.9. The molecule has 0 aliphatic rings. The molecule has 1 heterocycles. The molecule has 0 aliphatic heterocycles. The molecule has 0 saturated heterocycles. The molecule has 2 aromatic rings. The molecular formula is C16H22BrN3. The van der Waals surface area contributed by atoms with E-state index in [1.807, 2.05) is 13.2 Å². The topological polar surface area (TPSA) is 29.9 Å². The molecule has 1 unspecified atom stereocenters. The Morgan fingerprint density at radius 1 is 1.25 bits per heavy atom. The minimum Gasteiger partial charge on any atom is -0.308 e. The lowest BCUT2D eigenvalue weighted by Gasteiger charge is -2.23. The number of halogens is 1. The van der Waals surface area contributed by atoms with Gasteiger partial charge in [0.25, 0.3) is 0 Å². The molecule has 4 heteroatoms. The summed E-state index contributed by atoms with van der Waals surface area (Å²) in [4.78, 5) is 0. The summed E-state index contributed by atoms with van der Waals surface area (Å²) >= 11 is 3.64. The fourth-order valence-electron chi connectivity index (χ4n) is 2.62. The normalized spacial score (nSPS) is 12.9. The maximum atomic E-state index is 4.49. The van der Waals surface area contributed by atoms with Gasteiger partial charge in [-0.05, 0) is 61.8 Å². The molecule has 1 aromatic heterocycles. The molecule has 0 bridgehead atoms. The van der Waals surface area contributed by atoms with Crippen LogP contribution in [0.4, 0.5) is 0 Å². The van der Waals surface area contributed by atoms with Gasteiger partial charge in [0.1, 0.15) is 0 Å². The van der Waals surface area contributed by atoms with Crippen LogP contribution in [0.2, 0.25) is 0 Å². The first-order valence-electron chi connectivity index (χ1n) is 6.93. The van der Waals surface area contributed by atoms with E-state index in [1.54, 1.807) is 0 Å². The van der Waals surface area contributed by atoms with Gasteiger partial charge in [-0.3, -0.25) is 4.68 Å². The van der Waals surface area contributed by atoms with E-state index in [4.69, 9.17) is 0 Å². The van der Waals surface area contributed by atoms with Crippen LogP contribution in [0.5, 0.6) is 0 Å². The van der Waals surface area contributed by atoms with Crippen molar-refractivity contribution in [2.24, 2.45) is 0 Å². The van der Waals surface area contributed by atoms with Crippen molar-refractivity contribution in [3.63, 3.8) is 0 Å². The standard InChI is InChI=1S/C16H22BrN3/c1-10(2)20-16(14(17)9-19-20)15(18-5)13-7-6-11(3)8-12(13)4/h6-10,15,18H,1-5H3. The molecule has 1 aromatic carbocycles. The quantitative estimate of drug-likeness (QED) is 0.909. The van der Waals surface area contributed by atoms with Crippen LogP contribution in [-0.2, 0) is 0 Å². The molecule has 0 aliphatic carbocycles. The first-order chi connectivity index (χ1) is 9.45. The fourth-order valence-corrected chi connectivity index (χ4v) is 3.12. The lowest BCUT2D eigenvalue weighted by molar-refractivity contribution is 0.482. The van der Waals surface area contributed by atoms with E-state index < -0.39 is 0 Å². The number of aromatic nitrogens is 2. The lowest BCUT2D eigenvalue weighted by Crippen LogP contribution is -2.23. The number of hydrogen-bond donors (Lipinski definition) is 1. The second-order valence-corrected chi connectivity index (χ2v) is 6.35. The highest BCUT2D eigenvalue weighted by atomic mass is 79.9. The summed E-state index contributed by atoms with van der Waals surface area (Å²) in [6.07, 6.45) is 1.88. The molecule has 0 saturated carbocycles. The first kappa shape index (κ1) is 15.3. The Balaban J connectivity index is 2.55. The molecule has 0 fully saturated rings. The average Bonchev–Trinajstić information content (AvgIpc) is 2.75. The van der Waals surface area contributed by atoms with Gasteiger partial charge in [-0.1, -0.05) is 23.8 Å². The molecule has 1 N–H and O–H groups in total. The van der Waals surface area contributed by atoms with Crippen LogP contribution in [0.1, 0.15) is 48.3 Å². The number of rotatable bonds is 4. The molecule has 108 valence electrons. The third kappa shape index (κ3) is 2.81. The van der Waals surface area contributed by atoms with E-state index in [0.29, 0.717) is 6.04 Å². The predicted molar refractivity (Wildman–Crippen MR) is 87.1 cm³/mol. The third-order valence-corrected chi connectivity index (χ3v) is 4.19. The maximum absolute atomic E-state index is 4.49. The first-order valence-corrected chi connectivity index (χ1v) is 7.72. The van der Waals surface area contributed by atoms with Gasteiger partial charge in [0.15, 0.2) is 0 Å². The van der Waals surface area contributed by atoms with Crippen molar-refractivity contribution in [1.29, 1.82) is 0 Å². The molecular weight excluding hydrogens is 314 g/mol. The van der Waals surface area contributed by atoms with Crippen molar-refractivity contribution in [3.05, 3.63) is 51.3 Å². The number of hydrogen-bond acceptors (Lipinski definition) is 2. The summed E-state index contributed by atoms with van der Waals surface area (Å²) < 4.78 is 3.12. The highest BCUT2D eigenvalue weighted by molar-refractivity contribution is 9.10. The van der Waals surface area contributed by atoms with Crippen molar-refractivity contribution in [1.82, 2.24) is 15.1 Å². The summed E-state index contributed by atoms with van der Waals surface area (Å²) in [6, 6.07) is 7.06. The Morgan fingerprint density at radius 3 is 2.50 bits per heavy atom. The second kappa shape index (κ2) is 6.10. The van der Waals surface area contributed by atoms with Crippen LogP contribution in [-0.4, -0.2) is 16.8 Å². The minimum atomic E-state index is 0.134. The number of benzene rings is 1. The van der Waals surface area contributed by atoms with Crippen LogP contribution in [0, 0.1) is 13.8 Å². The summed E-state index contributed by atoms with van der Waals surface area (Å²) in [5, 5.41) is 7.91. The maximum Gasteiger partial charge on any atom is 0.0760 e. The molecule has 0 spiro atoms. The van der Waals surface area contributed by atoms with Gasteiger partial charge in [-0.25, -0.2) is 0 Å². The summed E-state index contributed by atoms with van der Waals surface area (Å²) in [5.74, 6) is 0. The van der Waals surface area contributed by atoms with Gasteiger partial charge in [0.2, 0.25) is 0 Å². The number of nitrogens with zero attached hydrogens (tertiary/aromatic N) is 2. The second-order valence-electron chi connectivity index (χ2n) is 5.50. The Morgan fingerprint density at radius 2 is 1.95 bits per heavy atom. The molecule has 3 nitrogen and oxygen atoms in total. The molecule has 2 rings (SSSR count). The van der Waals surface area contributed by atoms with Crippen LogP contribution < -0.4 is 5.32 Å². The van der Waals surface area contributed by atoms with E-state index in [0.717, 1.165) is 4.47 Å². The Hall–Kier alpha value is -1.13. The zero-order valence-corrected chi connectivity index (χ0v) is 14.3. The Labute approximate surface area is 129 Å². The average molecular weight is 336 g/mol. The van der Waals surface area contributed by atoms with Crippen LogP contribution >= 0.6 is 15.9 Å². The van der Waals surface area contributed by atoms with Gasteiger partial charge in [0, 0.05) is 6.04 Å². The summed E-state index contributed by atoms with van der Waals surface area (Å²) in [5.41, 5.74) is 5.06. The SMILES string of the molecule is CNC(c1ccc(C)cc1C)c1c(Br)cnn1C(C)C. The van der Waals surface area contributed by atoms with Crippen molar-refractivity contribution >= 4 is 15.9 Å². The zero-order valence-electron chi connectivity index (χ0n) is 12.7. The van der Waals surface area contributed by atoms with Crippen LogP contribution in [0.25, 0.3) is 0 Å². The van der Waals surface area contributed by atoms with E-state index in [9.17, 15) is 0 Å². The molecule has 0 radical (unpaired) electrons. The van der Waals surface area contributed by atoms with Gasteiger partial charge < -0.3 is 5.32 Å². The van der Waals surface area contributed by atoms with E-state index in [-0.39, 0.29) is 6.04 Å². The van der Waals surface area contributed by atoms with Crippen molar-refractivity contribution in [2.75, 3.05) is 7.05 Å². The monoisotopic (exact) mass is 335 g/mol. The third-order valence-electron chi connectivity index (χ3n) is 3.57. The predicted octanol–water partition coefficient (Wildman–Crippen LogP) is 4.15. The lowest BCUT2D eigenvalue weighted by atomic mass is 9.97. The van der Waals surface area contributed by atoms with Crippen molar-refractivity contribution < 1.29 is 0 Å². The fraction of sp³-hybridized carbons (Fsp3) is 0.438. The molecule has 1 atom stereocenters. The van der Waals surface area contributed by atoms with Gasteiger partial charge in [-0.2, -0.15) is 5.10 Å². The van der Waals surface area contributed by atoms with Gasteiger partial charge in [0.05, 0.1) is 22.4 Å². The molecule has 0 amide bonds. The van der Waals surface area contributed by atoms with Crippen molar-refractivity contribution in [3.8, 4) is 0 Å². The summed E-state index contributed by atoms with van der Waals surface area (Å²) in [7, 11) is 1.99. The van der Waals surface area contributed by atoms with Gasteiger partial charge >= 0.3 is 0 Å². The highest BCUT2D eigenvalue weighted by Gasteiger charge is 2.22. The van der Waals surface area contributed by atoms with Crippen LogP contribution in [0.3, 0.4) is 0 Å². The van der Waals surface area contributed by atoms with E-state index in [2.05, 4.69) is 76.9 Å².